The molecule has 2 aromatic rings. The molecule has 2 atom stereocenters. The summed E-state index contributed by atoms with van der Waals surface area (Å²) in [5.41, 5.74) is 2.34. The Labute approximate surface area is 142 Å². The van der Waals surface area contributed by atoms with Crippen LogP contribution in [0.4, 0.5) is 0 Å². The highest BCUT2D eigenvalue weighted by Crippen LogP contribution is 2.29. The van der Waals surface area contributed by atoms with E-state index in [4.69, 9.17) is 11.6 Å². The summed E-state index contributed by atoms with van der Waals surface area (Å²) in [5, 5.41) is 5.48. The molecule has 3 nitrogen and oxygen atoms in total. The van der Waals surface area contributed by atoms with Crippen molar-refractivity contribution in [2.75, 3.05) is 19.6 Å². The zero-order valence-electron chi connectivity index (χ0n) is 12.5. The quantitative estimate of drug-likeness (QED) is 0.909. The van der Waals surface area contributed by atoms with Crippen LogP contribution in [0.15, 0.2) is 30.5 Å². The molecule has 118 valence electrons. The summed E-state index contributed by atoms with van der Waals surface area (Å²) in [6, 6.07) is 8.90. The molecule has 0 radical (unpaired) electrons. The molecule has 1 N–H and O–H groups in total. The van der Waals surface area contributed by atoms with Crippen molar-refractivity contribution in [3.05, 3.63) is 41.0 Å². The minimum absolute atomic E-state index is 0. The van der Waals surface area contributed by atoms with Gasteiger partial charge < -0.3 is 5.32 Å². The van der Waals surface area contributed by atoms with Gasteiger partial charge in [0.05, 0.1) is 5.52 Å². The second-order valence-electron chi connectivity index (χ2n) is 6.24. The number of benzene rings is 1. The van der Waals surface area contributed by atoms with Crippen LogP contribution in [0.1, 0.15) is 18.4 Å². The number of nitrogens with zero attached hydrogens (tertiary/aromatic N) is 2. The number of pyridine rings is 1. The van der Waals surface area contributed by atoms with Crippen molar-refractivity contribution in [2.45, 2.75) is 25.4 Å². The maximum absolute atomic E-state index is 6.28. The van der Waals surface area contributed by atoms with Crippen LogP contribution in [0.25, 0.3) is 10.9 Å². The van der Waals surface area contributed by atoms with Gasteiger partial charge in [-0.1, -0.05) is 17.7 Å². The number of halogens is 2. The van der Waals surface area contributed by atoms with Crippen LogP contribution in [0.2, 0.25) is 5.02 Å². The SMILES string of the molecule is Cl.Clc1ccc(CN2CCC3NCCC3C2)c2ncccc12. The molecule has 2 aliphatic rings. The molecule has 2 aliphatic heterocycles. The van der Waals surface area contributed by atoms with E-state index in [1.165, 1.54) is 38.0 Å². The van der Waals surface area contributed by atoms with Gasteiger partial charge in [-0.15, -0.1) is 12.4 Å². The van der Waals surface area contributed by atoms with Gasteiger partial charge in [0, 0.05) is 35.7 Å². The highest BCUT2D eigenvalue weighted by Gasteiger charge is 2.32. The lowest BCUT2D eigenvalue weighted by molar-refractivity contribution is 0.156. The van der Waals surface area contributed by atoms with E-state index in [1.54, 1.807) is 0 Å². The van der Waals surface area contributed by atoms with Crippen molar-refractivity contribution in [3.63, 3.8) is 0 Å². The fraction of sp³-hybridized carbons (Fsp3) is 0.471. The topological polar surface area (TPSA) is 28.2 Å². The summed E-state index contributed by atoms with van der Waals surface area (Å²) >= 11 is 6.28. The summed E-state index contributed by atoms with van der Waals surface area (Å²) in [4.78, 5) is 7.13. The molecule has 3 heterocycles. The Bertz CT molecular complexity index is 661. The molecule has 0 aliphatic carbocycles. The second-order valence-corrected chi connectivity index (χ2v) is 6.65. The number of hydrogen-bond donors (Lipinski definition) is 1. The van der Waals surface area contributed by atoms with E-state index in [9.17, 15) is 0 Å². The third-order valence-corrected chi connectivity index (χ3v) is 5.26. The van der Waals surface area contributed by atoms with Crippen molar-refractivity contribution in [1.82, 2.24) is 15.2 Å². The third-order valence-electron chi connectivity index (χ3n) is 4.93. The maximum atomic E-state index is 6.28. The molecule has 0 amide bonds. The molecule has 2 unspecified atom stereocenters. The third kappa shape index (κ3) is 2.95. The Kier molecular flexibility index (Phi) is 4.88. The molecule has 5 heteroatoms. The van der Waals surface area contributed by atoms with Gasteiger partial charge in [0.15, 0.2) is 0 Å². The number of nitrogens with one attached hydrogen (secondary N) is 1. The number of hydrogen-bond acceptors (Lipinski definition) is 3. The second kappa shape index (κ2) is 6.71. The van der Waals surface area contributed by atoms with Crippen molar-refractivity contribution in [1.29, 1.82) is 0 Å². The molecule has 1 aromatic heterocycles. The van der Waals surface area contributed by atoms with Gasteiger partial charge in [-0.2, -0.15) is 0 Å². The lowest BCUT2D eigenvalue weighted by Gasteiger charge is -2.35. The molecular formula is C17H21Cl2N3. The molecule has 0 spiro atoms. The zero-order chi connectivity index (χ0) is 14.2. The van der Waals surface area contributed by atoms with Gasteiger partial charge in [-0.25, -0.2) is 0 Å². The molecule has 0 bridgehead atoms. The number of likely N-dealkylation sites (tertiary alicyclic amines) is 1. The summed E-state index contributed by atoms with van der Waals surface area (Å²) < 4.78 is 0. The smallest absolute Gasteiger partial charge is 0.0761 e. The van der Waals surface area contributed by atoms with Gasteiger partial charge in [0.2, 0.25) is 0 Å². The highest BCUT2D eigenvalue weighted by molar-refractivity contribution is 6.35. The van der Waals surface area contributed by atoms with E-state index in [0.717, 1.165) is 34.4 Å². The fourth-order valence-corrected chi connectivity index (χ4v) is 4.05. The summed E-state index contributed by atoms with van der Waals surface area (Å²) in [5.74, 6) is 0.824. The summed E-state index contributed by atoms with van der Waals surface area (Å²) in [6.45, 7) is 4.54. The van der Waals surface area contributed by atoms with E-state index in [2.05, 4.69) is 27.3 Å². The van der Waals surface area contributed by atoms with Gasteiger partial charge >= 0.3 is 0 Å². The summed E-state index contributed by atoms with van der Waals surface area (Å²) in [7, 11) is 0. The van der Waals surface area contributed by atoms with Crippen molar-refractivity contribution < 1.29 is 0 Å². The van der Waals surface area contributed by atoms with Crippen LogP contribution in [-0.4, -0.2) is 35.6 Å². The average molecular weight is 338 g/mol. The van der Waals surface area contributed by atoms with Crippen LogP contribution in [-0.2, 0) is 6.54 Å². The molecule has 1 aromatic carbocycles. The minimum Gasteiger partial charge on any atom is -0.314 e. The van der Waals surface area contributed by atoms with Crippen LogP contribution in [0.5, 0.6) is 0 Å². The Morgan fingerprint density at radius 3 is 3.09 bits per heavy atom. The molecule has 0 saturated carbocycles. The lowest BCUT2D eigenvalue weighted by atomic mass is 9.93. The Balaban J connectivity index is 0.00000144. The molecule has 2 saturated heterocycles. The Hall–Kier alpha value is -0.870. The predicted octanol–water partition coefficient (Wildman–Crippen LogP) is 3.49. The molecular weight excluding hydrogens is 317 g/mol. The maximum Gasteiger partial charge on any atom is 0.0761 e. The van der Waals surface area contributed by atoms with E-state index in [0.29, 0.717) is 0 Å². The standard InChI is InChI=1S/C17H20ClN3.ClH/c18-15-4-3-13(17-14(15)2-1-7-20-17)11-21-9-6-16-12(10-21)5-8-19-16;/h1-4,7,12,16,19H,5-6,8-11H2;1H. The van der Waals surface area contributed by atoms with E-state index < -0.39 is 0 Å². The zero-order valence-corrected chi connectivity index (χ0v) is 14.0. The van der Waals surface area contributed by atoms with E-state index in [1.807, 2.05) is 18.3 Å². The molecule has 2 fully saturated rings. The normalized spacial score (nSPS) is 25.0. The van der Waals surface area contributed by atoms with Crippen LogP contribution >= 0.6 is 24.0 Å². The van der Waals surface area contributed by atoms with E-state index in [-0.39, 0.29) is 12.4 Å². The van der Waals surface area contributed by atoms with E-state index >= 15 is 0 Å². The van der Waals surface area contributed by atoms with Crippen molar-refractivity contribution in [2.24, 2.45) is 5.92 Å². The monoisotopic (exact) mass is 337 g/mol. The predicted molar refractivity (Wildman–Crippen MR) is 93.8 cm³/mol. The molecule has 4 rings (SSSR count). The Morgan fingerprint density at radius 2 is 2.18 bits per heavy atom. The van der Waals surface area contributed by atoms with Gasteiger partial charge in [0.1, 0.15) is 0 Å². The first kappa shape index (κ1) is 16.0. The number of aromatic nitrogens is 1. The fourth-order valence-electron chi connectivity index (χ4n) is 3.83. The number of piperidine rings is 1. The lowest BCUT2D eigenvalue weighted by Crippen LogP contribution is -2.43. The van der Waals surface area contributed by atoms with Gasteiger partial charge in [-0.3, -0.25) is 9.88 Å². The average Bonchev–Trinajstić information content (AvgIpc) is 2.98. The van der Waals surface area contributed by atoms with Gasteiger partial charge in [-0.05, 0) is 55.6 Å². The van der Waals surface area contributed by atoms with Crippen LogP contribution in [0, 0.1) is 5.92 Å². The largest absolute Gasteiger partial charge is 0.314 e. The van der Waals surface area contributed by atoms with Crippen LogP contribution in [0.3, 0.4) is 0 Å². The first-order chi connectivity index (χ1) is 10.3. The molecule has 22 heavy (non-hydrogen) atoms. The van der Waals surface area contributed by atoms with Crippen molar-refractivity contribution >= 4 is 34.9 Å². The highest BCUT2D eigenvalue weighted by atomic mass is 35.5. The minimum atomic E-state index is 0. The van der Waals surface area contributed by atoms with Crippen molar-refractivity contribution in [3.8, 4) is 0 Å². The Morgan fingerprint density at radius 1 is 1.27 bits per heavy atom. The number of fused-ring (bicyclic) bond motifs is 2. The van der Waals surface area contributed by atoms with Crippen LogP contribution < -0.4 is 5.32 Å². The first-order valence-corrected chi connectivity index (χ1v) is 8.17. The summed E-state index contributed by atoms with van der Waals surface area (Å²) in [6.07, 6.45) is 4.44. The number of rotatable bonds is 2. The first-order valence-electron chi connectivity index (χ1n) is 7.79. The van der Waals surface area contributed by atoms with Gasteiger partial charge in [0.25, 0.3) is 0 Å².